The van der Waals surface area contributed by atoms with Crippen molar-refractivity contribution < 1.29 is 14.0 Å². The molecule has 31 heavy (non-hydrogen) atoms. The largest absolute Gasteiger partial charge is 0.412 e. The molecule has 0 amide bonds. The third-order valence-corrected chi connectivity index (χ3v) is 5.02. The van der Waals surface area contributed by atoms with E-state index in [2.05, 4.69) is 15.2 Å². The van der Waals surface area contributed by atoms with E-state index >= 15 is 0 Å². The van der Waals surface area contributed by atoms with E-state index in [1.165, 1.54) is 10.8 Å². The van der Waals surface area contributed by atoms with E-state index in [9.17, 15) is 9.59 Å². The van der Waals surface area contributed by atoms with Crippen molar-refractivity contribution in [1.29, 1.82) is 0 Å². The van der Waals surface area contributed by atoms with Crippen molar-refractivity contribution in [2.45, 2.75) is 0 Å². The Hall–Kier alpha value is -4.10. The minimum Gasteiger partial charge on any atom is -0.412 e. The second-order valence-corrected chi connectivity index (χ2v) is 7.13. The number of carbonyl (C=O) groups is 2. The number of rotatable bonds is 4. The fourth-order valence-corrected chi connectivity index (χ4v) is 3.41. The van der Waals surface area contributed by atoms with Crippen LogP contribution in [-0.2, 0) is 0 Å². The van der Waals surface area contributed by atoms with E-state index in [-0.39, 0.29) is 23.3 Å². The molecule has 0 aliphatic heterocycles. The zero-order valence-electron chi connectivity index (χ0n) is 15.9. The zero-order chi connectivity index (χ0) is 21.4. The molecule has 0 radical (unpaired) electrons. The van der Waals surface area contributed by atoms with Crippen LogP contribution in [0.15, 0.2) is 83.5 Å². The fraction of sp³-hybridized carbons (Fsp3) is 0. The van der Waals surface area contributed by atoms with Crippen LogP contribution in [0.5, 0.6) is 0 Å². The van der Waals surface area contributed by atoms with Crippen LogP contribution in [0.2, 0.25) is 5.02 Å². The van der Waals surface area contributed by atoms with Crippen molar-refractivity contribution in [2.24, 2.45) is 0 Å². The van der Waals surface area contributed by atoms with Crippen molar-refractivity contribution in [2.75, 3.05) is 0 Å². The van der Waals surface area contributed by atoms with Crippen LogP contribution in [0, 0.1) is 0 Å². The van der Waals surface area contributed by atoms with Gasteiger partial charge in [0, 0.05) is 28.4 Å². The Morgan fingerprint density at radius 3 is 2.45 bits per heavy atom. The molecule has 5 rings (SSSR count). The number of pyridine rings is 1. The van der Waals surface area contributed by atoms with Gasteiger partial charge in [0.15, 0.2) is 0 Å². The molecule has 0 unspecified atom stereocenters. The van der Waals surface area contributed by atoms with E-state index < -0.39 is 5.78 Å². The molecule has 0 N–H and O–H groups in total. The second-order valence-electron chi connectivity index (χ2n) is 6.70. The van der Waals surface area contributed by atoms with Gasteiger partial charge in [0.1, 0.15) is 5.69 Å². The van der Waals surface area contributed by atoms with Crippen molar-refractivity contribution in [1.82, 2.24) is 19.7 Å². The monoisotopic (exact) mass is 428 g/mol. The van der Waals surface area contributed by atoms with Gasteiger partial charge in [-0.2, -0.15) is 0 Å². The summed E-state index contributed by atoms with van der Waals surface area (Å²) in [6, 6.07) is 18.9. The van der Waals surface area contributed by atoms with Gasteiger partial charge in [-0.05, 0) is 42.5 Å². The Bertz CT molecular complexity index is 1420. The molecule has 7 nitrogen and oxygen atoms in total. The average Bonchev–Trinajstić information content (AvgIpc) is 3.45. The first kappa shape index (κ1) is 18.9. The standard InChI is InChI=1S/C23H13ClN4O3/c24-15-10-8-14(9-11-15)23(30)28-13-17(16-5-1-2-7-19(16)28)20(29)22-27-26-21(31-22)18-6-3-4-12-25-18/h1-13H. The molecular weight excluding hydrogens is 416 g/mol. The summed E-state index contributed by atoms with van der Waals surface area (Å²) in [4.78, 5) is 30.4. The molecule has 0 fully saturated rings. The van der Waals surface area contributed by atoms with E-state index in [4.69, 9.17) is 16.0 Å². The number of aromatic nitrogens is 4. The van der Waals surface area contributed by atoms with Gasteiger partial charge in [-0.15, -0.1) is 10.2 Å². The molecular formula is C23H13ClN4O3. The van der Waals surface area contributed by atoms with Crippen LogP contribution < -0.4 is 0 Å². The summed E-state index contributed by atoms with van der Waals surface area (Å²) in [6.07, 6.45) is 3.09. The number of benzene rings is 2. The lowest BCUT2D eigenvalue weighted by Crippen LogP contribution is -2.10. The minimum atomic E-state index is -0.478. The van der Waals surface area contributed by atoms with Gasteiger partial charge in [-0.1, -0.05) is 35.9 Å². The molecule has 0 aliphatic rings. The Kier molecular flexibility index (Phi) is 4.65. The van der Waals surface area contributed by atoms with E-state index in [0.29, 0.717) is 27.2 Å². The lowest BCUT2D eigenvalue weighted by atomic mass is 10.1. The summed E-state index contributed by atoms with van der Waals surface area (Å²) in [5.74, 6) is -0.799. The number of ketones is 1. The lowest BCUT2D eigenvalue weighted by Gasteiger charge is -2.04. The highest BCUT2D eigenvalue weighted by Gasteiger charge is 2.24. The van der Waals surface area contributed by atoms with Crippen LogP contribution in [0.25, 0.3) is 22.5 Å². The van der Waals surface area contributed by atoms with Crippen molar-refractivity contribution in [3.8, 4) is 11.6 Å². The van der Waals surface area contributed by atoms with Crippen LogP contribution in [0.4, 0.5) is 0 Å². The Balaban J connectivity index is 1.57. The highest BCUT2D eigenvalue weighted by atomic mass is 35.5. The topological polar surface area (TPSA) is 90.9 Å². The summed E-state index contributed by atoms with van der Waals surface area (Å²) in [7, 11) is 0. The summed E-state index contributed by atoms with van der Waals surface area (Å²) < 4.78 is 6.99. The first-order valence-corrected chi connectivity index (χ1v) is 9.69. The molecule has 0 saturated heterocycles. The third-order valence-electron chi connectivity index (χ3n) is 4.77. The maximum absolute atomic E-state index is 13.2. The predicted octanol–water partition coefficient (Wildman–Crippen LogP) is 4.66. The van der Waals surface area contributed by atoms with Crippen LogP contribution in [-0.4, -0.2) is 31.4 Å². The Labute approximate surface area is 180 Å². The fourth-order valence-electron chi connectivity index (χ4n) is 3.28. The van der Waals surface area contributed by atoms with Gasteiger partial charge >= 0.3 is 0 Å². The summed E-state index contributed by atoms with van der Waals surface area (Å²) >= 11 is 5.93. The first-order valence-electron chi connectivity index (χ1n) is 9.32. The van der Waals surface area contributed by atoms with Gasteiger partial charge in [0.25, 0.3) is 23.5 Å². The molecule has 0 aliphatic carbocycles. The maximum Gasteiger partial charge on any atom is 0.289 e. The van der Waals surface area contributed by atoms with E-state index in [1.807, 2.05) is 0 Å². The van der Waals surface area contributed by atoms with Crippen LogP contribution in [0.1, 0.15) is 26.6 Å². The number of halogens is 1. The number of hydrogen-bond donors (Lipinski definition) is 0. The summed E-state index contributed by atoms with van der Waals surface area (Å²) in [5.41, 5.74) is 1.79. The maximum atomic E-state index is 13.2. The van der Waals surface area contributed by atoms with Gasteiger partial charge in [0.05, 0.1) is 11.1 Å². The predicted molar refractivity (Wildman–Crippen MR) is 114 cm³/mol. The van der Waals surface area contributed by atoms with Gasteiger partial charge in [-0.3, -0.25) is 19.1 Å². The molecule has 5 aromatic rings. The number of para-hydroxylation sites is 1. The molecule has 0 spiro atoms. The van der Waals surface area contributed by atoms with E-state index in [0.717, 1.165) is 0 Å². The molecule has 0 saturated carbocycles. The highest BCUT2D eigenvalue weighted by molar-refractivity contribution is 6.30. The molecule has 3 aromatic heterocycles. The minimum absolute atomic E-state index is 0.143. The summed E-state index contributed by atoms with van der Waals surface area (Å²) in [5, 5.41) is 8.94. The SMILES string of the molecule is O=C(c1nnc(-c2ccccn2)o1)c1cn(C(=O)c2ccc(Cl)cc2)c2ccccc12. The van der Waals surface area contributed by atoms with Gasteiger partial charge in [0.2, 0.25) is 0 Å². The molecule has 0 bridgehead atoms. The lowest BCUT2D eigenvalue weighted by molar-refractivity contribution is 0.0965. The highest BCUT2D eigenvalue weighted by Crippen LogP contribution is 2.26. The molecule has 0 atom stereocenters. The number of carbonyl (C=O) groups excluding carboxylic acids is 2. The molecule has 3 heterocycles. The van der Waals surface area contributed by atoms with Gasteiger partial charge < -0.3 is 4.42 Å². The number of nitrogens with zero attached hydrogens (tertiary/aromatic N) is 4. The van der Waals surface area contributed by atoms with Crippen molar-refractivity contribution in [3.63, 3.8) is 0 Å². The van der Waals surface area contributed by atoms with Crippen LogP contribution >= 0.6 is 11.6 Å². The quantitative estimate of drug-likeness (QED) is 0.387. The second kappa shape index (κ2) is 7.62. The smallest absolute Gasteiger partial charge is 0.289 e. The van der Waals surface area contributed by atoms with E-state index in [1.54, 1.807) is 72.9 Å². The number of fused-ring (bicyclic) bond motifs is 1. The van der Waals surface area contributed by atoms with Gasteiger partial charge in [-0.25, -0.2) is 0 Å². The third kappa shape index (κ3) is 3.41. The Morgan fingerprint density at radius 2 is 1.68 bits per heavy atom. The first-order chi connectivity index (χ1) is 15.1. The molecule has 2 aromatic carbocycles. The average molecular weight is 429 g/mol. The molecule has 8 heteroatoms. The van der Waals surface area contributed by atoms with Crippen molar-refractivity contribution >= 4 is 34.2 Å². The number of hydrogen-bond acceptors (Lipinski definition) is 6. The van der Waals surface area contributed by atoms with Crippen molar-refractivity contribution in [3.05, 3.63) is 101 Å². The normalized spacial score (nSPS) is 11.0. The summed E-state index contributed by atoms with van der Waals surface area (Å²) in [6.45, 7) is 0. The Morgan fingerprint density at radius 1 is 0.903 bits per heavy atom. The zero-order valence-corrected chi connectivity index (χ0v) is 16.7. The van der Waals surface area contributed by atoms with Crippen LogP contribution in [0.3, 0.4) is 0 Å². The molecule has 150 valence electrons.